The number of nitrogens with one attached hydrogen (secondary N) is 2. The number of hydrogen-bond acceptors (Lipinski definition) is 4. The summed E-state index contributed by atoms with van der Waals surface area (Å²) in [6.07, 6.45) is 7.96. The van der Waals surface area contributed by atoms with Gasteiger partial charge in [-0.25, -0.2) is 4.98 Å². The van der Waals surface area contributed by atoms with Crippen LogP contribution in [0.2, 0.25) is 0 Å². The van der Waals surface area contributed by atoms with Crippen LogP contribution in [0.3, 0.4) is 0 Å². The van der Waals surface area contributed by atoms with E-state index in [-0.39, 0.29) is 11.8 Å². The molecule has 1 fully saturated rings. The first-order valence-corrected chi connectivity index (χ1v) is 9.40. The molecule has 2 N–H and O–H groups in total. The van der Waals surface area contributed by atoms with Crippen LogP contribution in [-0.2, 0) is 22.7 Å². The van der Waals surface area contributed by atoms with Gasteiger partial charge < -0.3 is 15.2 Å². The van der Waals surface area contributed by atoms with Gasteiger partial charge in [-0.3, -0.25) is 14.5 Å². The normalized spacial score (nSPS) is 17.4. The van der Waals surface area contributed by atoms with Crippen LogP contribution in [0.1, 0.15) is 25.3 Å². The lowest BCUT2D eigenvalue weighted by atomic mass is 9.98. The summed E-state index contributed by atoms with van der Waals surface area (Å²) in [6.45, 7) is 5.28. The van der Waals surface area contributed by atoms with Gasteiger partial charge in [-0.05, 0) is 43.0 Å². The number of benzene rings is 1. The van der Waals surface area contributed by atoms with Crippen molar-refractivity contribution in [2.75, 3.05) is 25.0 Å². The number of likely N-dealkylation sites (tertiary alicyclic amines) is 1. The van der Waals surface area contributed by atoms with Gasteiger partial charge in [0, 0.05) is 44.6 Å². The summed E-state index contributed by atoms with van der Waals surface area (Å²) < 4.78 is 2.11. The van der Waals surface area contributed by atoms with Gasteiger partial charge in [-0.1, -0.05) is 12.1 Å². The second kappa shape index (κ2) is 9.32. The van der Waals surface area contributed by atoms with Crippen LogP contribution in [-0.4, -0.2) is 45.9 Å². The van der Waals surface area contributed by atoms with Crippen molar-refractivity contribution in [1.29, 1.82) is 0 Å². The van der Waals surface area contributed by atoms with E-state index in [1.165, 1.54) is 13.3 Å². The molecule has 1 saturated heterocycles. The van der Waals surface area contributed by atoms with Crippen molar-refractivity contribution in [2.45, 2.75) is 32.9 Å². The van der Waals surface area contributed by atoms with Crippen molar-refractivity contribution < 1.29 is 9.59 Å². The van der Waals surface area contributed by atoms with Gasteiger partial charge in [0.15, 0.2) is 0 Å². The summed E-state index contributed by atoms with van der Waals surface area (Å²) in [5, 5.41) is 5.72. The number of carbonyl (C=O) groups is 2. The quantitative estimate of drug-likeness (QED) is 0.781. The third-order valence-electron chi connectivity index (χ3n) is 4.76. The highest BCUT2D eigenvalue weighted by atomic mass is 16.2. The fraction of sp³-hybridized carbons (Fsp3) is 0.450. The first kappa shape index (κ1) is 19.1. The molecule has 1 atom stereocenters. The van der Waals surface area contributed by atoms with Gasteiger partial charge in [0.2, 0.25) is 11.8 Å². The fourth-order valence-electron chi connectivity index (χ4n) is 3.51. The Balaban J connectivity index is 1.41. The molecule has 3 rings (SSSR count). The lowest BCUT2D eigenvalue weighted by Gasteiger charge is -2.32. The molecule has 2 heterocycles. The highest BCUT2D eigenvalue weighted by molar-refractivity contribution is 5.88. The van der Waals surface area contributed by atoms with Crippen molar-refractivity contribution in [1.82, 2.24) is 19.8 Å². The van der Waals surface area contributed by atoms with Crippen molar-refractivity contribution in [3.8, 4) is 0 Å². The molecule has 7 heteroatoms. The van der Waals surface area contributed by atoms with Crippen LogP contribution >= 0.6 is 0 Å². The number of hydrogen-bond donors (Lipinski definition) is 2. The molecule has 2 amide bonds. The zero-order valence-electron chi connectivity index (χ0n) is 15.7. The summed E-state index contributed by atoms with van der Waals surface area (Å²) in [7, 11) is 0. The van der Waals surface area contributed by atoms with Gasteiger partial charge >= 0.3 is 0 Å². The van der Waals surface area contributed by atoms with Crippen molar-refractivity contribution in [3.05, 3.63) is 48.5 Å². The second-order valence-electron chi connectivity index (χ2n) is 7.16. The lowest BCUT2D eigenvalue weighted by Crippen LogP contribution is -2.43. The van der Waals surface area contributed by atoms with Crippen LogP contribution in [0.5, 0.6) is 0 Å². The van der Waals surface area contributed by atoms with Crippen LogP contribution in [0.25, 0.3) is 0 Å². The Morgan fingerprint density at radius 2 is 2.07 bits per heavy atom. The molecular weight excluding hydrogens is 342 g/mol. The number of piperidine rings is 1. The zero-order valence-corrected chi connectivity index (χ0v) is 15.7. The van der Waals surface area contributed by atoms with E-state index >= 15 is 0 Å². The Kier molecular flexibility index (Phi) is 6.59. The van der Waals surface area contributed by atoms with E-state index in [0.717, 1.165) is 37.3 Å². The minimum absolute atomic E-state index is 0.0456. The molecule has 0 saturated carbocycles. The standard InChI is InChI=1S/C20H27N5O2/c1-16(26)23-19-6-4-17(5-7-19)11-22-20(27)14-24-9-2-3-18(12-24)13-25-10-8-21-15-25/h4-8,10,15,18H,2-3,9,11-14H2,1H3,(H,22,27)(H,23,26). The predicted octanol–water partition coefficient (Wildman–Crippen LogP) is 1.87. The minimum atomic E-state index is -0.0936. The average Bonchev–Trinajstić information content (AvgIpc) is 3.14. The summed E-state index contributed by atoms with van der Waals surface area (Å²) in [4.78, 5) is 29.7. The topological polar surface area (TPSA) is 79.3 Å². The van der Waals surface area contributed by atoms with Crippen LogP contribution in [0, 0.1) is 5.92 Å². The Morgan fingerprint density at radius 3 is 2.78 bits per heavy atom. The molecule has 144 valence electrons. The lowest BCUT2D eigenvalue weighted by molar-refractivity contribution is -0.122. The highest BCUT2D eigenvalue weighted by Gasteiger charge is 2.21. The summed E-state index contributed by atoms with van der Waals surface area (Å²) in [6, 6.07) is 7.50. The molecule has 1 aliphatic rings. The number of aromatic nitrogens is 2. The predicted molar refractivity (Wildman–Crippen MR) is 104 cm³/mol. The Morgan fingerprint density at radius 1 is 1.26 bits per heavy atom. The minimum Gasteiger partial charge on any atom is -0.351 e. The van der Waals surface area contributed by atoms with E-state index in [0.29, 0.717) is 19.0 Å². The van der Waals surface area contributed by atoms with E-state index in [4.69, 9.17) is 0 Å². The molecule has 2 aromatic rings. The number of rotatable bonds is 7. The molecule has 0 spiro atoms. The van der Waals surface area contributed by atoms with Crippen LogP contribution < -0.4 is 10.6 Å². The second-order valence-corrected chi connectivity index (χ2v) is 7.16. The average molecular weight is 369 g/mol. The first-order valence-electron chi connectivity index (χ1n) is 9.40. The molecule has 1 aliphatic heterocycles. The van der Waals surface area contributed by atoms with Gasteiger partial charge in [-0.2, -0.15) is 0 Å². The largest absolute Gasteiger partial charge is 0.351 e. The number of amides is 2. The fourth-order valence-corrected chi connectivity index (χ4v) is 3.51. The molecule has 0 bridgehead atoms. The maximum absolute atomic E-state index is 12.3. The van der Waals surface area contributed by atoms with Gasteiger partial charge in [-0.15, -0.1) is 0 Å². The van der Waals surface area contributed by atoms with Gasteiger partial charge in [0.1, 0.15) is 0 Å². The highest BCUT2D eigenvalue weighted by Crippen LogP contribution is 2.18. The van der Waals surface area contributed by atoms with Crippen LogP contribution in [0.15, 0.2) is 43.0 Å². The van der Waals surface area contributed by atoms with Crippen molar-refractivity contribution in [2.24, 2.45) is 5.92 Å². The SMILES string of the molecule is CC(=O)Nc1ccc(CNC(=O)CN2CCCC(Cn3ccnc3)C2)cc1. The summed E-state index contributed by atoms with van der Waals surface area (Å²) in [5.74, 6) is 0.509. The molecule has 0 radical (unpaired) electrons. The molecule has 1 aromatic carbocycles. The number of anilines is 1. The maximum atomic E-state index is 12.3. The van der Waals surface area contributed by atoms with E-state index in [1.807, 2.05) is 36.8 Å². The van der Waals surface area contributed by atoms with E-state index in [1.54, 1.807) is 6.20 Å². The third kappa shape index (κ3) is 6.21. The van der Waals surface area contributed by atoms with Gasteiger partial charge in [0.05, 0.1) is 12.9 Å². The smallest absolute Gasteiger partial charge is 0.234 e. The maximum Gasteiger partial charge on any atom is 0.234 e. The van der Waals surface area contributed by atoms with E-state index < -0.39 is 0 Å². The molecular formula is C20H27N5O2. The molecule has 1 unspecified atom stereocenters. The monoisotopic (exact) mass is 369 g/mol. The molecule has 0 aliphatic carbocycles. The summed E-state index contributed by atoms with van der Waals surface area (Å²) >= 11 is 0. The Bertz CT molecular complexity index is 742. The van der Waals surface area contributed by atoms with E-state index in [9.17, 15) is 9.59 Å². The zero-order chi connectivity index (χ0) is 19.1. The number of nitrogens with zero attached hydrogens (tertiary/aromatic N) is 3. The van der Waals surface area contributed by atoms with Crippen LogP contribution in [0.4, 0.5) is 5.69 Å². The summed E-state index contributed by atoms with van der Waals surface area (Å²) in [5.41, 5.74) is 1.77. The van der Waals surface area contributed by atoms with Gasteiger partial charge in [0.25, 0.3) is 0 Å². The number of carbonyl (C=O) groups excluding carboxylic acids is 2. The Hall–Kier alpha value is -2.67. The molecule has 27 heavy (non-hydrogen) atoms. The Labute approximate surface area is 159 Å². The third-order valence-corrected chi connectivity index (χ3v) is 4.76. The van der Waals surface area contributed by atoms with Crippen molar-refractivity contribution >= 4 is 17.5 Å². The van der Waals surface area contributed by atoms with E-state index in [2.05, 4.69) is 25.1 Å². The molecule has 1 aromatic heterocycles. The first-order chi connectivity index (χ1) is 13.1. The molecule has 7 nitrogen and oxygen atoms in total. The number of imidazole rings is 1. The van der Waals surface area contributed by atoms with Crippen molar-refractivity contribution in [3.63, 3.8) is 0 Å².